The molecule has 130 valence electrons. The van der Waals surface area contributed by atoms with Gasteiger partial charge in [-0.25, -0.2) is 0 Å². The summed E-state index contributed by atoms with van der Waals surface area (Å²) >= 11 is 6.27. The summed E-state index contributed by atoms with van der Waals surface area (Å²) in [6.07, 6.45) is 3.25. The highest BCUT2D eigenvalue weighted by molar-refractivity contribution is 6.32. The molecule has 0 heterocycles. The van der Waals surface area contributed by atoms with Gasteiger partial charge in [-0.05, 0) is 39.3 Å². The van der Waals surface area contributed by atoms with E-state index in [0.717, 1.165) is 25.8 Å². The smallest absolute Gasteiger partial charge is 0.254 e. The topological polar surface area (TPSA) is 38.8 Å². The number of halogens is 1. The second-order valence-electron chi connectivity index (χ2n) is 5.72. The highest BCUT2D eigenvalue weighted by Gasteiger charge is 2.21. The van der Waals surface area contributed by atoms with E-state index >= 15 is 0 Å². The molecule has 0 spiro atoms. The number of ether oxygens (including phenoxy) is 2. The first-order valence-corrected chi connectivity index (χ1v) is 8.65. The molecule has 1 amide bonds. The van der Waals surface area contributed by atoms with Gasteiger partial charge in [0, 0.05) is 18.2 Å². The number of carbonyl (C=O) groups excluding carboxylic acids is 1. The van der Waals surface area contributed by atoms with Crippen LogP contribution in [0.25, 0.3) is 0 Å². The van der Waals surface area contributed by atoms with Gasteiger partial charge in [0.05, 0.1) is 18.7 Å². The Labute approximate surface area is 144 Å². The van der Waals surface area contributed by atoms with Crippen LogP contribution < -0.4 is 9.47 Å². The normalized spacial score (nSPS) is 10.7. The Morgan fingerprint density at radius 3 is 2.48 bits per heavy atom. The molecule has 0 aromatic heterocycles. The van der Waals surface area contributed by atoms with E-state index in [1.54, 1.807) is 19.2 Å². The number of rotatable bonds is 9. The molecule has 0 saturated carbocycles. The lowest BCUT2D eigenvalue weighted by molar-refractivity contribution is 0.0702. The number of nitrogens with zero attached hydrogens (tertiary/aromatic N) is 1. The minimum atomic E-state index is -0.0284. The number of amides is 1. The van der Waals surface area contributed by atoms with Gasteiger partial charge in [-0.15, -0.1) is 0 Å². The average molecular weight is 342 g/mol. The lowest BCUT2D eigenvalue weighted by Gasteiger charge is -2.27. The Kier molecular flexibility index (Phi) is 8.24. The van der Waals surface area contributed by atoms with Crippen LogP contribution in [0.3, 0.4) is 0 Å². The van der Waals surface area contributed by atoms with Gasteiger partial charge in [-0.2, -0.15) is 0 Å². The van der Waals surface area contributed by atoms with Gasteiger partial charge in [-0.3, -0.25) is 4.79 Å². The van der Waals surface area contributed by atoms with Crippen LogP contribution >= 0.6 is 11.6 Å². The minimum Gasteiger partial charge on any atom is -0.493 e. The van der Waals surface area contributed by atoms with Crippen molar-refractivity contribution in [3.05, 3.63) is 22.7 Å². The average Bonchev–Trinajstić information content (AvgIpc) is 2.52. The highest BCUT2D eigenvalue weighted by atomic mass is 35.5. The molecular formula is C18H28ClNO3. The highest BCUT2D eigenvalue weighted by Crippen LogP contribution is 2.36. The van der Waals surface area contributed by atoms with Crippen molar-refractivity contribution in [2.75, 3.05) is 20.3 Å². The third kappa shape index (κ3) is 5.31. The number of methoxy groups -OCH3 is 1. The van der Waals surface area contributed by atoms with Crippen LogP contribution in [0.2, 0.25) is 5.02 Å². The lowest BCUT2D eigenvalue weighted by atomic mass is 10.1. The van der Waals surface area contributed by atoms with Crippen LogP contribution in [-0.4, -0.2) is 37.1 Å². The first kappa shape index (κ1) is 19.6. The molecule has 5 heteroatoms. The molecule has 1 aromatic rings. The number of unbranched alkanes of at least 4 members (excludes halogenated alkanes) is 2. The van der Waals surface area contributed by atoms with Crippen LogP contribution in [0.15, 0.2) is 12.1 Å². The minimum absolute atomic E-state index is 0.0284. The van der Waals surface area contributed by atoms with Crippen LogP contribution in [0, 0.1) is 0 Å². The fourth-order valence-corrected chi connectivity index (χ4v) is 2.69. The van der Waals surface area contributed by atoms with Crippen molar-refractivity contribution >= 4 is 17.5 Å². The quantitative estimate of drug-likeness (QED) is 0.606. The Balaban J connectivity index is 3.07. The zero-order valence-electron chi connectivity index (χ0n) is 14.8. The van der Waals surface area contributed by atoms with Gasteiger partial charge in [0.15, 0.2) is 11.5 Å². The van der Waals surface area contributed by atoms with Crippen LogP contribution in [0.1, 0.15) is 57.3 Å². The maximum Gasteiger partial charge on any atom is 0.254 e. The maximum atomic E-state index is 12.8. The molecule has 0 aliphatic heterocycles. The summed E-state index contributed by atoms with van der Waals surface area (Å²) in [4.78, 5) is 14.7. The molecule has 0 saturated heterocycles. The summed E-state index contributed by atoms with van der Waals surface area (Å²) in [5.74, 6) is 0.939. The number of carbonyl (C=O) groups is 1. The Bertz CT molecular complexity index is 517. The van der Waals surface area contributed by atoms with Gasteiger partial charge in [0.2, 0.25) is 0 Å². The molecule has 0 fully saturated rings. The molecule has 0 N–H and O–H groups in total. The van der Waals surface area contributed by atoms with Crippen molar-refractivity contribution in [2.45, 2.75) is 53.0 Å². The van der Waals surface area contributed by atoms with Gasteiger partial charge in [0.1, 0.15) is 0 Å². The summed E-state index contributed by atoms with van der Waals surface area (Å²) in [5, 5.41) is 0.395. The fourth-order valence-electron chi connectivity index (χ4n) is 2.42. The van der Waals surface area contributed by atoms with Crippen LogP contribution in [0.4, 0.5) is 0 Å². The zero-order valence-corrected chi connectivity index (χ0v) is 15.6. The Morgan fingerprint density at radius 1 is 1.26 bits per heavy atom. The third-order valence-electron chi connectivity index (χ3n) is 3.65. The molecular weight excluding hydrogens is 314 g/mol. The summed E-state index contributed by atoms with van der Waals surface area (Å²) in [7, 11) is 1.55. The van der Waals surface area contributed by atoms with Crippen molar-refractivity contribution < 1.29 is 14.3 Å². The predicted octanol–water partition coefficient (Wildman–Crippen LogP) is 4.79. The molecule has 0 aliphatic carbocycles. The summed E-state index contributed by atoms with van der Waals surface area (Å²) in [6.45, 7) is 9.31. The van der Waals surface area contributed by atoms with Crippen molar-refractivity contribution in [3.8, 4) is 11.5 Å². The van der Waals surface area contributed by atoms with E-state index in [1.165, 1.54) is 0 Å². The molecule has 1 rings (SSSR count). The summed E-state index contributed by atoms with van der Waals surface area (Å²) in [5.41, 5.74) is 0.528. The van der Waals surface area contributed by atoms with E-state index in [9.17, 15) is 4.79 Å². The van der Waals surface area contributed by atoms with Crippen molar-refractivity contribution in [1.29, 1.82) is 0 Å². The third-order valence-corrected chi connectivity index (χ3v) is 3.93. The number of hydrogen-bond donors (Lipinski definition) is 0. The Hall–Kier alpha value is -1.42. The zero-order chi connectivity index (χ0) is 17.4. The van der Waals surface area contributed by atoms with Gasteiger partial charge < -0.3 is 14.4 Å². The van der Waals surface area contributed by atoms with E-state index in [-0.39, 0.29) is 11.9 Å². The van der Waals surface area contributed by atoms with Crippen molar-refractivity contribution in [3.63, 3.8) is 0 Å². The van der Waals surface area contributed by atoms with E-state index in [4.69, 9.17) is 21.1 Å². The molecule has 0 bridgehead atoms. The van der Waals surface area contributed by atoms with E-state index in [1.807, 2.05) is 25.7 Å². The van der Waals surface area contributed by atoms with Crippen LogP contribution in [0.5, 0.6) is 11.5 Å². The van der Waals surface area contributed by atoms with Gasteiger partial charge >= 0.3 is 0 Å². The molecule has 0 unspecified atom stereocenters. The molecule has 1 aromatic carbocycles. The standard InChI is InChI=1S/C18H28ClNO3/c1-6-8-9-10-20(13(3)4)18(21)14-11-15(19)17(23-7-2)16(12-14)22-5/h11-13H,6-10H2,1-5H3. The summed E-state index contributed by atoms with van der Waals surface area (Å²) in [6, 6.07) is 3.50. The van der Waals surface area contributed by atoms with Gasteiger partial charge in [-0.1, -0.05) is 31.4 Å². The number of benzene rings is 1. The summed E-state index contributed by atoms with van der Waals surface area (Å²) < 4.78 is 10.8. The molecule has 0 radical (unpaired) electrons. The second-order valence-corrected chi connectivity index (χ2v) is 6.13. The first-order valence-electron chi connectivity index (χ1n) is 8.27. The first-order chi connectivity index (χ1) is 11.0. The van der Waals surface area contributed by atoms with E-state index in [0.29, 0.717) is 28.7 Å². The second kappa shape index (κ2) is 9.66. The largest absolute Gasteiger partial charge is 0.493 e. The molecule has 0 aliphatic rings. The molecule has 23 heavy (non-hydrogen) atoms. The molecule has 0 atom stereocenters. The predicted molar refractivity (Wildman–Crippen MR) is 94.9 cm³/mol. The fraction of sp³-hybridized carbons (Fsp3) is 0.611. The van der Waals surface area contributed by atoms with Crippen molar-refractivity contribution in [2.24, 2.45) is 0 Å². The Morgan fingerprint density at radius 2 is 1.96 bits per heavy atom. The number of hydrogen-bond acceptors (Lipinski definition) is 3. The van der Waals surface area contributed by atoms with Gasteiger partial charge in [0.25, 0.3) is 5.91 Å². The maximum absolute atomic E-state index is 12.8. The monoisotopic (exact) mass is 341 g/mol. The van der Waals surface area contributed by atoms with Crippen LogP contribution in [-0.2, 0) is 0 Å². The molecule has 4 nitrogen and oxygen atoms in total. The van der Waals surface area contributed by atoms with Crippen molar-refractivity contribution in [1.82, 2.24) is 4.90 Å². The van der Waals surface area contributed by atoms with E-state index in [2.05, 4.69) is 6.92 Å². The van der Waals surface area contributed by atoms with E-state index < -0.39 is 0 Å². The lowest BCUT2D eigenvalue weighted by Crippen LogP contribution is -2.37. The SMILES string of the molecule is CCCCCN(C(=O)c1cc(Cl)c(OCC)c(OC)c1)C(C)C.